The molecule has 4 N–H and O–H groups in total. The molecule has 0 aliphatic heterocycles. The Hall–Kier alpha value is -2.30. The number of benzene rings is 1. The molecule has 0 aliphatic rings. The van der Waals surface area contributed by atoms with E-state index in [-0.39, 0.29) is 5.95 Å². The fraction of sp³-hybridized carbons (Fsp3) is 0.375. The molecule has 5 heteroatoms. The van der Waals surface area contributed by atoms with E-state index < -0.39 is 0 Å². The van der Waals surface area contributed by atoms with Crippen molar-refractivity contribution < 1.29 is 0 Å². The lowest BCUT2D eigenvalue weighted by Gasteiger charge is -2.15. The molecule has 1 aromatic heterocycles. The molecule has 0 aliphatic carbocycles. The first-order valence-corrected chi connectivity index (χ1v) is 7.36. The Balaban J connectivity index is 1.91. The summed E-state index contributed by atoms with van der Waals surface area (Å²) in [5, 5.41) is 6.53. The van der Waals surface area contributed by atoms with Gasteiger partial charge in [-0.3, -0.25) is 0 Å². The lowest BCUT2D eigenvalue weighted by molar-refractivity contribution is 0.703. The molecule has 1 unspecified atom stereocenters. The number of nitrogens with zero attached hydrogens (tertiary/aromatic N) is 2. The third-order valence-corrected chi connectivity index (χ3v) is 3.20. The summed E-state index contributed by atoms with van der Waals surface area (Å²) in [5.74, 6) is 1.80. The standard InChI is InChI=1S/C16H23N5/c1-3-18-14-11-15(21-16(17)20-14)19-12(2)9-10-13-7-5-4-6-8-13/h4-8,11-12H,3,9-10H2,1-2H3,(H4,17,18,19,20,21). The summed E-state index contributed by atoms with van der Waals surface area (Å²) in [4.78, 5) is 8.37. The van der Waals surface area contributed by atoms with Crippen LogP contribution < -0.4 is 16.4 Å². The SMILES string of the molecule is CCNc1cc(NC(C)CCc2ccccc2)nc(N)n1. The second kappa shape index (κ2) is 7.47. The van der Waals surface area contributed by atoms with Gasteiger partial charge in [-0.05, 0) is 32.3 Å². The van der Waals surface area contributed by atoms with Crippen molar-refractivity contribution in [3.63, 3.8) is 0 Å². The van der Waals surface area contributed by atoms with Crippen LogP contribution >= 0.6 is 0 Å². The molecule has 0 spiro atoms. The summed E-state index contributed by atoms with van der Waals surface area (Å²) in [6.45, 7) is 4.97. The van der Waals surface area contributed by atoms with E-state index in [1.807, 2.05) is 19.1 Å². The zero-order chi connectivity index (χ0) is 15.1. The molecule has 1 aromatic carbocycles. The van der Waals surface area contributed by atoms with Gasteiger partial charge in [0.1, 0.15) is 11.6 Å². The Morgan fingerprint density at radius 2 is 1.86 bits per heavy atom. The van der Waals surface area contributed by atoms with Crippen molar-refractivity contribution in [1.29, 1.82) is 0 Å². The highest BCUT2D eigenvalue weighted by atomic mass is 15.1. The number of anilines is 3. The molecule has 0 fully saturated rings. The Bertz CT molecular complexity index is 556. The van der Waals surface area contributed by atoms with Crippen molar-refractivity contribution in [2.24, 2.45) is 0 Å². The zero-order valence-electron chi connectivity index (χ0n) is 12.6. The highest BCUT2D eigenvalue weighted by molar-refractivity contribution is 5.51. The van der Waals surface area contributed by atoms with Crippen LogP contribution in [0.1, 0.15) is 25.8 Å². The number of hydrogen-bond donors (Lipinski definition) is 3. The molecular weight excluding hydrogens is 262 g/mol. The molecule has 0 amide bonds. The van der Waals surface area contributed by atoms with Gasteiger partial charge in [-0.1, -0.05) is 30.3 Å². The summed E-state index contributed by atoms with van der Waals surface area (Å²) in [6.07, 6.45) is 2.07. The maximum absolute atomic E-state index is 5.73. The molecule has 0 saturated heterocycles. The summed E-state index contributed by atoms with van der Waals surface area (Å²) < 4.78 is 0. The summed E-state index contributed by atoms with van der Waals surface area (Å²) in [5.41, 5.74) is 7.08. The van der Waals surface area contributed by atoms with E-state index in [0.717, 1.165) is 31.0 Å². The molecule has 5 nitrogen and oxygen atoms in total. The van der Waals surface area contributed by atoms with Crippen LogP contribution in [0.2, 0.25) is 0 Å². The van der Waals surface area contributed by atoms with Gasteiger partial charge in [0.2, 0.25) is 5.95 Å². The van der Waals surface area contributed by atoms with E-state index in [9.17, 15) is 0 Å². The maximum atomic E-state index is 5.73. The van der Waals surface area contributed by atoms with Crippen molar-refractivity contribution in [1.82, 2.24) is 9.97 Å². The first kappa shape index (κ1) is 15.1. The predicted molar refractivity (Wildman–Crippen MR) is 88.5 cm³/mol. The Labute approximate surface area is 126 Å². The number of aromatic nitrogens is 2. The van der Waals surface area contributed by atoms with E-state index in [4.69, 9.17) is 5.73 Å². The van der Waals surface area contributed by atoms with Crippen LogP contribution in [0.5, 0.6) is 0 Å². The highest BCUT2D eigenvalue weighted by Gasteiger charge is 2.06. The van der Waals surface area contributed by atoms with Gasteiger partial charge in [0, 0.05) is 18.7 Å². The number of nitrogens with one attached hydrogen (secondary N) is 2. The van der Waals surface area contributed by atoms with Gasteiger partial charge in [-0.15, -0.1) is 0 Å². The second-order valence-electron chi connectivity index (χ2n) is 5.10. The van der Waals surface area contributed by atoms with Crippen LogP contribution in [0.3, 0.4) is 0 Å². The number of rotatable bonds is 7. The Morgan fingerprint density at radius 1 is 1.14 bits per heavy atom. The number of nitrogens with two attached hydrogens (primary N) is 1. The fourth-order valence-electron chi connectivity index (χ4n) is 2.16. The highest BCUT2D eigenvalue weighted by Crippen LogP contribution is 2.15. The predicted octanol–water partition coefficient (Wildman–Crippen LogP) is 2.92. The molecule has 112 valence electrons. The monoisotopic (exact) mass is 285 g/mol. The minimum absolute atomic E-state index is 0.284. The lowest BCUT2D eigenvalue weighted by Crippen LogP contribution is -2.18. The minimum atomic E-state index is 0.284. The van der Waals surface area contributed by atoms with Crippen molar-refractivity contribution >= 4 is 17.6 Å². The molecule has 2 aromatic rings. The van der Waals surface area contributed by atoms with E-state index in [0.29, 0.717) is 6.04 Å². The average molecular weight is 285 g/mol. The summed E-state index contributed by atoms with van der Waals surface area (Å²) in [7, 11) is 0. The largest absolute Gasteiger partial charge is 0.370 e. The van der Waals surface area contributed by atoms with Gasteiger partial charge < -0.3 is 16.4 Å². The third-order valence-electron chi connectivity index (χ3n) is 3.20. The smallest absolute Gasteiger partial charge is 0.223 e. The molecule has 0 bridgehead atoms. The molecule has 0 radical (unpaired) electrons. The fourth-order valence-corrected chi connectivity index (χ4v) is 2.16. The first-order valence-electron chi connectivity index (χ1n) is 7.36. The van der Waals surface area contributed by atoms with Crippen LogP contribution in [0.15, 0.2) is 36.4 Å². The van der Waals surface area contributed by atoms with Gasteiger partial charge in [-0.2, -0.15) is 9.97 Å². The van der Waals surface area contributed by atoms with Crippen LogP contribution in [-0.4, -0.2) is 22.6 Å². The van der Waals surface area contributed by atoms with E-state index in [1.54, 1.807) is 0 Å². The summed E-state index contributed by atoms with van der Waals surface area (Å²) >= 11 is 0. The van der Waals surface area contributed by atoms with Crippen molar-refractivity contribution in [3.05, 3.63) is 42.0 Å². The van der Waals surface area contributed by atoms with Crippen molar-refractivity contribution in [2.45, 2.75) is 32.7 Å². The van der Waals surface area contributed by atoms with Crippen LogP contribution in [-0.2, 0) is 6.42 Å². The lowest BCUT2D eigenvalue weighted by atomic mass is 10.1. The summed E-state index contributed by atoms with van der Waals surface area (Å²) in [6, 6.07) is 12.7. The van der Waals surface area contributed by atoms with Gasteiger partial charge in [-0.25, -0.2) is 0 Å². The van der Waals surface area contributed by atoms with E-state index >= 15 is 0 Å². The molecule has 1 atom stereocenters. The molecule has 1 heterocycles. The molecular formula is C16H23N5. The third kappa shape index (κ3) is 4.95. The first-order chi connectivity index (χ1) is 10.2. The van der Waals surface area contributed by atoms with Crippen molar-refractivity contribution in [3.8, 4) is 0 Å². The van der Waals surface area contributed by atoms with Crippen LogP contribution in [0.25, 0.3) is 0 Å². The molecule has 0 saturated carbocycles. The number of hydrogen-bond acceptors (Lipinski definition) is 5. The quantitative estimate of drug-likeness (QED) is 0.729. The van der Waals surface area contributed by atoms with Crippen LogP contribution in [0, 0.1) is 0 Å². The molecule has 21 heavy (non-hydrogen) atoms. The van der Waals surface area contributed by atoms with Gasteiger partial charge in [0.05, 0.1) is 0 Å². The van der Waals surface area contributed by atoms with Crippen molar-refractivity contribution in [2.75, 3.05) is 22.9 Å². The normalized spacial score (nSPS) is 11.9. The van der Waals surface area contributed by atoms with E-state index in [1.165, 1.54) is 5.56 Å². The Kier molecular flexibility index (Phi) is 5.37. The number of nitrogen functional groups attached to an aromatic ring is 1. The van der Waals surface area contributed by atoms with E-state index in [2.05, 4.69) is 51.8 Å². The average Bonchev–Trinajstić information content (AvgIpc) is 2.46. The minimum Gasteiger partial charge on any atom is -0.370 e. The number of aryl methyl sites for hydroxylation is 1. The van der Waals surface area contributed by atoms with Gasteiger partial charge in [0.15, 0.2) is 0 Å². The topological polar surface area (TPSA) is 75.9 Å². The Morgan fingerprint density at radius 3 is 2.57 bits per heavy atom. The maximum Gasteiger partial charge on any atom is 0.223 e. The van der Waals surface area contributed by atoms with Crippen LogP contribution in [0.4, 0.5) is 17.6 Å². The second-order valence-corrected chi connectivity index (χ2v) is 5.10. The molecule has 2 rings (SSSR count). The van der Waals surface area contributed by atoms with Gasteiger partial charge in [0.25, 0.3) is 0 Å². The zero-order valence-corrected chi connectivity index (χ0v) is 12.6. The van der Waals surface area contributed by atoms with Gasteiger partial charge >= 0.3 is 0 Å².